The van der Waals surface area contributed by atoms with Crippen LogP contribution in [-0.2, 0) is 14.6 Å². The predicted octanol–water partition coefficient (Wildman–Crippen LogP) is 2.28. The van der Waals surface area contributed by atoms with E-state index >= 15 is 0 Å². The highest BCUT2D eigenvalue weighted by Crippen LogP contribution is 2.29. The lowest BCUT2D eigenvalue weighted by atomic mass is 10.0. The van der Waals surface area contributed by atoms with Gasteiger partial charge in [0.15, 0.2) is 9.84 Å². The molecule has 8 nitrogen and oxygen atoms in total. The van der Waals surface area contributed by atoms with E-state index < -0.39 is 27.0 Å². The number of hydrogen-bond acceptors (Lipinski definition) is 7. The average molecular weight is 449 g/mol. The lowest BCUT2D eigenvalue weighted by Gasteiger charge is -2.37. The normalized spacial score (nSPS) is 19.5. The number of benzene rings is 2. The first-order valence-corrected chi connectivity index (χ1v) is 11.7. The summed E-state index contributed by atoms with van der Waals surface area (Å²) in [7, 11) is -2.10. The first-order chi connectivity index (χ1) is 15.0. The van der Waals surface area contributed by atoms with Crippen molar-refractivity contribution < 1.29 is 27.9 Å². The van der Waals surface area contributed by atoms with Gasteiger partial charge in [-0.3, -0.25) is 14.9 Å². The van der Waals surface area contributed by atoms with Crippen molar-refractivity contribution in [1.82, 2.24) is 10.4 Å². The molecule has 1 aliphatic rings. The van der Waals surface area contributed by atoms with E-state index in [4.69, 9.17) is 9.47 Å². The molecule has 9 heteroatoms. The number of carbonyl (C=O) groups excluding carboxylic acids is 1. The molecule has 2 aromatic carbocycles. The molecule has 31 heavy (non-hydrogen) atoms. The van der Waals surface area contributed by atoms with Gasteiger partial charge >= 0.3 is 0 Å². The highest BCUT2D eigenvalue weighted by Gasteiger charge is 2.39. The van der Waals surface area contributed by atoms with Crippen LogP contribution in [0, 0.1) is 0 Å². The van der Waals surface area contributed by atoms with E-state index in [1.807, 2.05) is 35.2 Å². The van der Waals surface area contributed by atoms with E-state index in [1.54, 1.807) is 17.6 Å². The molecule has 0 aromatic heterocycles. The minimum absolute atomic E-state index is 0.111. The van der Waals surface area contributed by atoms with E-state index in [-0.39, 0.29) is 11.3 Å². The number of rotatable bonds is 9. The Morgan fingerprint density at radius 3 is 2.48 bits per heavy atom. The number of amides is 1. The Kier molecular flexibility index (Phi) is 7.89. The maximum atomic E-state index is 13.1. The van der Waals surface area contributed by atoms with Gasteiger partial charge in [-0.1, -0.05) is 18.2 Å². The van der Waals surface area contributed by atoms with Crippen LogP contribution in [0.15, 0.2) is 59.5 Å². The number of hydrogen-bond donors (Lipinski definition) is 2. The van der Waals surface area contributed by atoms with Crippen molar-refractivity contribution in [3.05, 3.63) is 54.6 Å². The van der Waals surface area contributed by atoms with Crippen molar-refractivity contribution in [3.63, 3.8) is 0 Å². The number of nitrogens with one attached hydrogen (secondary N) is 1. The number of sulfone groups is 1. The molecule has 0 spiro atoms. The molecule has 1 fully saturated rings. The average Bonchev–Trinajstić information content (AvgIpc) is 2.82. The van der Waals surface area contributed by atoms with Gasteiger partial charge in [0.25, 0.3) is 5.91 Å². The minimum atomic E-state index is -3.61. The molecule has 2 atom stereocenters. The second-order valence-corrected chi connectivity index (χ2v) is 9.64. The van der Waals surface area contributed by atoms with Gasteiger partial charge < -0.3 is 9.47 Å². The molecular weight excluding hydrogens is 420 g/mol. The van der Waals surface area contributed by atoms with Crippen molar-refractivity contribution in [2.75, 3.05) is 26.8 Å². The van der Waals surface area contributed by atoms with Crippen molar-refractivity contribution in [1.29, 1.82) is 0 Å². The number of carbonyl (C=O) groups is 1. The Labute approximate surface area is 182 Å². The van der Waals surface area contributed by atoms with Gasteiger partial charge in [-0.2, -0.15) is 0 Å². The third-order valence-electron chi connectivity index (χ3n) is 5.51. The highest BCUT2D eigenvalue weighted by atomic mass is 32.2. The number of nitrogens with zero attached hydrogens (tertiary/aromatic N) is 1. The Morgan fingerprint density at radius 1 is 1.13 bits per heavy atom. The molecule has 168 valence electrons. The van der Waals surface area contributed by atoms with Gasteiger partial charge in [-0.05, 0) is 55.7 Å². The number of piperidine rings is 1. The molecule has 2 aromatic rings. The zero-order valence-electron chi connectivity index (χ0n) is 17.4. The second kappa shape index (κ2) is 10.6. The summed E-state index contributed by atoms with van der Waals surface area (Å²) in [6.45, 7) is 1.46. The number of para-hydroxylation sites is 1. The first kappa shape index (κ1) is 23.1. The zero-order chi connectivity index (χ0) is 22.3. The standard InChI is InChI=1S/C22H28N2O6S/c1-29-17-8-10-19(11-9-17)31(27,28)20-12-14-24(21(16-20)22(25)23-26)13-5-15-30-18-6-3-2-4-7-18/h2-4,6-11,20-21,26H,5,12-16H2,1H3,(H,23,25). The second-order valence-electron chi connectivity index (χ2n) is 7.41. The lowest BCUT2D eigenvalue weighted by Crippen LogP contribution is -2.53. The fraction of sp³-hybridized carbons (Fsp3) is 0.409. The molecule has 0 aliphatic carbocycles. The van der Waals surface area contributed by atoms with Gasteiger partial charge in [0.05, 0.1) is 29.9 Å². The molecule has 0 saturated carbocycles. The van der Waals surface area contributed by atoms with Gasteiger partial charge in [0.1, 0.15) is 11.5 Å². The van der Waals surface area contributed by atoms with Gasteiger partial charge in [0.2, 0.25) is 0 Å². The maximum absolute atomic E-state index is 13.1. The Bertz CT molecular complexity index is 950. The van der Waals surface area contributed by atoms with Crippen LogP contribution < -0.4 is 15.0 Å². The Hall–Kier alpha value is -2.62. The molecule has 1 amide bonds. The quantitative estimate of drug-likeness (QED) is 0.344. The molecule has 0 bridgehead atoms. The van der Waals surface area contributed by atoms with E-state index in [2.05, 4.69) is 0 Å². The highest BCUT2D eigenvalue weighted by molar-refractivity contribution is 7.92. The topological polar surface area (TPSA) is 105 Å². The fourth-order valence-corrected chi connectivity index (χ4v) is 5.56. The number of methoxy groups -OCH3 is 1. The summed E-state index contributed by atoms with van der Waals surface area (Å²) in [6.07, 6.45) is 1.18. The molecule has 1 saturated heterocycles. The maximum Gasteiger partial charge on any atom is 0.260 e. The van der Waals surface area contributed by atoms with Crippen molar-refractivity contribution in [3.8, 4) is 11.5 Å². The third kappa shape index (κ3) is 5.75. The van der Waals surface area contributed by atoms with Crippen molar-refractivity contribution >= 4 is 15.7 Å². The molecule has 3 rings (SSSR count). The summed E-state index contributed by atoms with van der Waals surface area (Å²) in [4.78, 5) is 14.4. The Balaban J connectivity index is 1.62. The number of hydroxylamine groups is 1. The van der Waals surface area contributed by atoms with E-state index in [0.717, 1.165) is 5.75 Å². The largest absolute Gasteiger partial charge is 0.497 e. The molecule has 2 N–H and O–H groups in total. The van der Waals surface area contributed by atoms with Crippen LogP contribution >= 0.6 is 0 Å². The minimum Gasteiger partial charge on any atom is -0.497 e. The summed E-state index contributed by atoms with van der Waals surface area (Å²) in [6, 6.07) is 15.0. The van der Waals surface area contributed by atoms with Crippen LogP contribution in [-0.4, -0.2) is 62.5 Å². The number of ether oxygens (including phenoxy) is 2. The fourth-order valence-electron chi connectivity index (χ4n) is 3.81. The molecule has 1 heterocycles. The third-order valence-corrected chi connectivity index (χ3v) is 7.74. The smallest absolute Gasteiger partial charge is 0.260 e. The zero-order valence-corrected chi connectivity index (χ0v) is 18.3. The van der Waals surface area contributed by atoms with Crippen LogP contribution in [0.3, 0.4) is 0 Å². The van der Waals surface area contributed by atoms with Crippen LogP contribution in [0.4, 0.5) is 0 Å². The summed E-state index contributed by atoms with van der Waals surface area (Å²) in [5, 5.41) is 8.47. The molecular formula is C22H28N2O6S. The summed E-state index contributed by atoms with van der Waals surface area (Å²) in [5.74, 6) is 0.749. The van der Waals surface area contributed by atoms with Crippen molar-refractivity contribution in [2.24, 2.45) is 0 Å². The van der Waals surface area contributed by atoms with Crippen LogP contribution in [0.2, 0.25) is 0 Å². The van der Waals surface area contributed by atoms with Gasteiger partial charge in [0, 0.05) is 13.1 Å². The first-order valence-electron chi connectivity index (χ1n) is 10.2. The van der Waals surface area contributed by atoms with Gasteiger partial charge in [-0.25, -0.2) is 13.9 Å². The van der Waals surface area contributed by atoms with E-state index in [1.165, 1.54) is 19.2 Å². The van der Waals surface area contributed by atoms with Crippen LogP contribution in [0.5, 0.6) is 11.5 Å². The predicted molar refractivity (Wildman–Crippen MR) is 115 cm³/mol. The van der Waals surface area contributed by atoms with E-state index in [0.29, 0.717) is 38.3 Å². The molecule has 2 unspecified atom stereocenters. The Morgan fingerprint density at radius 2 is 1.84 bits per heavy atom. The van der Waals surface area contributed by atoms with Crippen LogP contribution in [0.25, 0.3) is 0 Å². The lowest BCUT2D eigenvalue weighted by molar-refractivity contribution is -0.136. The monoisotopic (exact) mass is 448 g/mol. The van der Waals surface area contributed by atoms with E-state index in [9.17, 15) is 18.4 Å². The van der Waals surface area contributed by atoms with Crippen LogP contribution in [0.1, 0.15) is 19.3 Å². The number of likely N-dealkylation sites (tertiary alicyclic amines) is 1. The summed E-state index contributed by atoms with van der Waals surface area (Å²) >= 11 is 0. The molecule has 0 radical (unpaired) electrons. The van der Waals surface area contributed by atoms with Gasteiger partial charge in [-0.15, -0.1) is 0 Å². The molecule has 1 aliphatic heterocycles. The summed E-state index contributed by atoms with van der Waals surface area (Å²) in [5.41, 5.74) is 1.68. The SMILES string of the molecule is COc1ccc(S(=O)(=O)C2CCN(CCCOc3ccccc3)C(C(=O)NO)C2)cc1. The summed E-state index contributed by atoms with van der Waals surface area (Å²) < 4.78 is 37.0. The van der Waals surface area contributed by atoms with Crippen molar-refractivity contribution in [2.45, 2.75) is 35.4 Å².